The number of hydrogen-bond donors (Lipinski definition) is 2. The molecule has 1 aromatic carbocycles. The second kappa shape index (κ2) is 6.99. The van der Waals surface area contributed by atoms with Crippen LogP contribution in [0.5, 0.6) is 0 Å². The monoisotopic (exact) mass is 338 g/mol. The third-order valence-electron chi connectivity index (χ3n) is 3.55. The molecule has 2 N–H and O–H groups in total. The molecule has 0 saturated carbocycles. The molecule has 0 aromatic heterocycles. The summed E-state index contributed by atoms with van der Waals surface area (Å²) in [5.41, 5.74) is 1.28. The Labute approximate surface area is 127 Å². The van der Waals surface area contributed by atoms with Gasteiger partial charge >= 0.3 is 0 Å². The summed E-state index contributed by atoms with van der Waals surface area (Å²) in [4.78, 5) is 22.5. The van der Waals surface area contributed by atoms with E-state index >= 15 is 0 Å². The van der Waals surface area contributed by atoms with E-state index < -0.39 is 6.04 Å². The van der Waals surface area contributed by atoms with Crippen molar-refractivity contribution in [1.82, 2.24) is 10.6 Å². The van der Waals surface area contributed by atoms with E-state index in [2.05, 4.69) is 38.7 Å². The molecule has 0 spiro atoms. The fraction of sp³-hybridized carbons (Fsp3) is 0.467. The first kappa shape index (κ1) is 15.2. The maximum Gasteiger partial charge on any atom is 0.237 e. The predicted molar refractivity (Wildman–Crippen MR) is 81.4 cm³/mol. The van der Waals surface area contributed by atoms with Gasteiger partial charge in [0, 0.05) is 4.47 Å². The minimum absolute atomic E-state index is 0.0806. The molecule has 4 nitrogen and oxygen atoms in total. The lowest BCUT2D eigenvalue weighted by Gasteiger charge is -2.13. The molecule has 0 radical (unpaired) electrons. The average Bonchev–Trinajstić information content (AvgIpc) is 2.90. The van der Waals surface area contributed by atoms with E-state index in [0.29, 0.717) is 5.92 Å². The van der Waals surface area contributed by atoms with Crippen LogP contribution in [0.1, 0.15) is 18.9 Å². The molecule has 0 bridgehead atoms. The van der Waals surface area contributed by atoms with Crippen molar-refractivity contribution in [1.29, 1.82) is 0 Å². The van der Waals surface area contributed by atoms with Crippen LogP contribution >= 0.6 is 15.9 Å². The Bertz CT molecular complexity index is 475. The lowest BCUT2D eigenvalue weighted by Crippen LogP contribution is -2.44. The Kier molecular flexibility index (Phi) is 5.31. The molecule has 1 aliphatic heterocycles. The highest BCUT2D eigenvalue weighted by molar-refractivity contribution is 9.10. The van der Waals surface area contributed by atoms with Crippen molar-refractivity contribution in [2.45, 2.75) is 31.8 Å². The first-order valence-electron chi connectivity index (χ1n) is 6.82. The van der Waals surface area contributed by atoms with Crippen LogP contribution < -0.4 is 10.6 Å². The van der Waals surface area contributed by atoms with Gasteiger partial charge in [0.25, 0.3) is 0 Å². The zero-order valence-corrected chi connectivity index (χ0v) is 13.0. The number of benzene rings is 1. The van der Waals surface area contributed by atoms with Crippen LogP contribution in [0.3, 0.4) is 0 Å². The van der Waals surface area contributed by atoms with Crippen LogP contribution in [-0.4, -0.2) is 30.8 Å². The van der Waals surface area contributed by atoms with Gasteiger partial charge in [0.15, 0.2) is 0 Å². The Morgan fingerprint density at radius 1 is 1.50 bits per heavy atom. The number of carbonyl (C=O) groups is 2. The van der Waals surface area contributed by atoms with Crippen molar-refractivity contribution in [3.8, 4) is 0 Å². The first-order chi connectivity index (χ1) is 9.58. The van der Waals surface area contributed by atoms with Gasteiger partial charge in [-0.05, 0) is 49.9 Å². The molecule has 1 fully saturated rings. The molecular formula is C15H19BrN2O2. The third kappa shape index (κ3) is 4.15. The highest BCUT2D eigenvalue weighted by Gasteiger charge is 2.29. The number of rotatable bonds is 5. The van der Waals surface area contributed by atoms with Gasteiger partial charge in [-0.3, -0.25) is 4.79 Å². The molecule has 1 aliphatic rings. The smallest absolute Gasteiger partial charge is 0.237 e. The van der Waals surface area contributed by atoms with Gasteiger partial charge < -0.3 is 15.4 Å². The summed E-state index contributed by atoms with van der Waals surface area (Å²) < 4.78 is 1.07. The largest absolute Gasteiger partial charge is 0.346 e. The average molecular weight is 339 g/mol. The van der Waals surface area contributed by atoms with Crippen LogP contribution in [0.25, 0.3) is 0 Å². The molecule has 1 aromatic rings. The quantitative estimate of drug-likeness (QED) is 0.803. The number of halogens is 1. The number of amides is 1. The second-order valence-electron chi connectivity index (χ2n) is 5.33. The van der Waals surface area contributed by atoms with Gasteiger partial charge in [-0.2, -0.15) is 0 Å². The third-order valence-corrected chi connectivity index (χ3v) is 4.08. The van der Waals surface area contributed by atoms with Crippen molar-refractivity contribution in [3.05, 3.63) is 34.3 Å². The van der Waals surface area contributed by atoms with E-state index in [1.54, 1.807) is 6.92 Å². The van der Waals surface area contributed by atoms with Crippen LogP contribution in [0.4, 0.5) is 0 Å². The zero-order chi connectivity index (χ0) is 14.5. The van der Waals surface area contributed by atoms with Crippen molar-refractivity contribution in [2.24, 2.45) is 5.92 Å². The standard InChI is InChI=1S/C15H19BrN2O2/c1-10(9-19)18-15(20)14-7-12(8-17-14)6-11-2-4-13(16)5-3-11/h2-5,9-10,12,14,17H,6-8H2,1H3,(H,18,20)/t10-,12-,14+/m0/s1. The molecule has 2 rings (SSSR count). The number of hydrogen-bond acceptors (Lipinski definition) is 3. The Morgan fingerprint density at radius 2 is 2.20 bits per heavy atom. The van der Waals surface area contributed by atoms with Crippen molar-refractivity contribution >= 4 is 28.1 Å². The van der Waals surface area contributed by atoms with E-state index in [1.807, 2.05) is 12.1 Å². The van der Waals surface area contributed by atoms with Gasteiger partial charge in [0.2, 0.25) is 5.91 Å². The van der Waals surface area contributed by atoms with Gasteiger partial charge in [-0.25, -0.2) is 0 Å². The molecule has 5 heteroatoms. The van der Waals surface area contributed by atoms with Crippen LogP contribution in [0, 0.1) is 5.92 Å². The first-order valence-corrected chi connectivity index (χ1v) is 7.61. The summed E-state index contributed by atoms with van der Waals surface area (Å²) in [5.74, 6) is 0.376. The normalized spacial score (nSPS) is 23.3. The fourth-order valence-corrected chi connectivity index (χ4v) is 2.74. The molecule has 1 amide bonds. The van der Waals surface area contributed by atoms with Crippen molar-refractivity contribution in [2.75, 3.05) is 6.54 Å². The second-order valence-corrected chi connectivity index (χ2v) is 6.24. The Morgan fingerprint density at radius 3 is 2.85 bits per heavy atom. The fourth-order valence-electron chi connectivity index (χ4n) is 2.48. The summed E-state index contributed by atoms with van der Waals surface area (Å²) >= 11 is 3.42. The number of nitrogens with one attached hydrogen (secondary N) is 2. The van der Waals surface area contributed by atoms with Gasteiger partial charge in [0.1, 0.15) is 6.29 Å². The number of aldehydes is 1. The highest BCUT2D eigenvalue weighted by Crippen LogP contribution is 2.20. The Hall–Kier alpha value is -1.20. The highest BCUT2D eigenvalue weighted by atomic mass is 79.9. The molecule has 0 unspecified atom stereocenters. The van der Waals surface area contributed by atoms with Gasteiger partial charge in [0.05, 0.1) is 12.1 Å². The van der Waals surface area contributed by atoms with Gasteiger partial charge in [-0.15, -0.1) is 0 Å². The minimum atomic E-state index is -0.421. The lowest BCUT2D eigenvalue weighted by atomic mass is 9.96. The maximum atomic E-state index is 11.9. The van der Waals surface area contributed by atoms with E-state index in [-0.39, 0.29) is 11.9 Å². The molecular weight excluding hydrogens is 320 g/mol. The number of carbonyl (C=O) groups excluding carboxylic acids is 2. The van der Waals surface area contributed by atoms with Crippen LogP contribution in [0.2, 0.25) is 0 Å². The van der Waals surface area contributed by atoms with E-state index in [1.165, 1.54) is 5.56 Å². The van der Waals surface area contributed by atoms with E-state index in [4.69, 9.17) is 0 Å². The summed E-state index contributed by atoms with van der Waals surface area (Å²) in [5, 5.41) is 5.92. The maximum absolute atomic E-state index is 11.9. The molecule has 3 atom stereocenters. The van der Waals surface area contributed by atoms with Crippen LogP contribution in [-0.2, 0) is 16.0 Å². The molecule has 1 heterocycles. The summed E-state index contributed by atoms with van der Waals surface area (Å²) in [7, 11) is 0. The van der Waals surface area contributed by atoms with Crippen molar-refractivity contribution in [3.63, 3.8) is 0 Å². The van der Waals surface area contributed by atoms with Crippen LogP contribution in [0.15, 0.2) is 28.7 Å². The Balaban J connectivity index is 1.84. The summed E-state index contributed by atoms with van der Waals surface area (Å²) in [6.07, 6.45) is 2.52. The lowest BCUT2D eigenvalue weighted by molar-refractivity contribution is -0.125. The zero-order valence-electron chi connectivity index (χ0n) is 11.4. The molecule has 20 heavy (non-hydrogen) atoms. The van der Waals surface area contributed by atoms with Gasteiger partial charge in [-0.1, -0.05) is 28.1 Å². The van der Waals surface area contributed by atoms with E-state index in [9.17, 15) is 9.59 Å². The molecule has 1 saturated heterocycles. The topological polar surface area (TPSA) is 58.2 Å². The predicted octanol–water partition coefficient (Wildman–Crippen LogP) is 1.67. The SMILES string of the molecule is C[C@@H](C=O)NC(=O)[C@H]1C[C@H](Cc2ccc(Br)cc2)CN1. The van der Waals surface area contributed by atoms with Crippen molar-refractivity contribution < 1.29 is 9.59 Å². The molecule has 108 valence electrons. The minimum Gasteiger partial charge on any atom is -0.346 e. The summed E-state index contributed by atoms with van der Waals surface area (Å²) in [6, 6.07) is 7.67. The van der Waals surface area contributed by atoms with E-state index in [0.717, 1.165) is 30.1 Å². The summed E-state index contributed by atoms with van der Waals surface area (Å²) in [6.45, 7) is 2.52. The molecule has 0 aliphatic carbocycles.